The van der Waals surface area contributed by atoms with Gasteiger partial charge in [0.15, 0.2) is 0 Å². The SMILES string of the molecule is CC(CCOCc1cc(N2CCN(C(=O)O)CC2)ccc1-c1ccccc1)CC(=O)NCC#N. The molecule has 3 rings (SSSR count). The van der Waals surface area contributed by atoms with Crippen molar-refractivity contribution in [2.24, 2.45) is 5.92 Å². The molecule has 0 radical (unpaired) electrons. The molecule has 0 aliphatic carbocycles. The molecule has 1 fully saturated rings. The van der Waals surface area contributed by atoms with E-state index in [0.29, 0.717) is 45.8 Å². The highest BCUT2D eigenvalue weighted by molar-refractivity contribution is 5.76. The molecule has 1 heterocycles. The quantitative estimate of drug-likeness (QED) is 0.410. The van der Waals surface area contributed by atoms with Crippen molar-refractivity contribution in [3.8, 4) is 17.2 Å². The number of rotatable bonds is 10. The van der Waals surface area contributed by atoms with E-state index in [0.717, 1.165) is 28.8 Å². The monoisotopic (exact) mass is 464 g/mol. The number of hydrogen-bond donors (Lipinski definition) is 2. The minimum Gasteiger partial charge on any atom is -0.465 e. The van der Waals surface area contributed by atoms with Gasteiger partial charge in [0.2, 0.25) is 5.91 Å². The van der Waals surface area contributed by atoms with Gasteiger partial charge in [0.1, 0.15) is 6.54 Å². The molecule has 2 N–H and O–H groups in total. The number of carbonyl (C=O) groups is 2. The Hall–Kier alpha value is -3.57. The second-order valence-electron chi connectivity index (χ2n) is 8.55. The molecule has 1 unspecified atom stereocenters. The largest absolute Gasteiger partial charge is 0.465 e. The third kappa shape index (κ3) is 7.22. The first-order valence-corrected chi connectivity index (χ1v) is 11.6. The van der Waals surface area contributed by atoms with Gasteiger partial charge in [0, 0.05) is 44.9 Å². The maximum atomic E-state index is 11.8. The summed E-state index contributed by atoms with van der Waals surface area (Å²) in [6.07, 6.45) is 0.250. The maximum absolute atomic E-state index is 11.8. The second kappa shape index (κ2) is 12.6. The molecule has 0 spiro atoms. The summed E-state index contributed by atoms with van der Waals surface area (Å²) in [5.41, 5.74) is 4.36. The summed E-state index contributed by atoms with van der Waals surface area (Å²) >= 11 is 0. The highest BCUT2D eigenvalue weighted by Crippen LogP contribution is 2.29. The summed E-state index contributed by atoms with van der Waals surface area (Å²) in [4.78, 5) is 26.6. The first kappa shape index (κ1) is 25.1. The lowest BCUT2D eigenvalue weighted by Gasteiger charge is -2.35. The van der Waals surface area contributed by atoms with E-state index >= 15 is 0 Å². The van der Waals surface area contributed by atoms with Crippen LogP contribution in [0.15, 0.2) is 48.5 Å². The zero-order chi connectivity index (χ0) is 24.3. The molecule has 2 amide bonds. The van der Waals surface area contributed by atoms with Gasteiger partial charge in [-0.3, -0.25) is 4.79 Å². The molecule has 0 aromatic heterocycles. The fraction of sp³-hybridized carbons (Fsp3) is 0.423. The summed E-state index contributed by atoms with van der Waals surface area (Å²) in [7, 11) is 0. The van der Waals surface area contributed by atoms with Crippen molar-refractivity contribution < 1.29 is 19.4 Å². The van der Waals surface area contributed by atoms with Crippen LogP contribution in [0, 0.1) is 17.2 Å². The minimum absolute atomic E-state index is 0.0337. The lowest BCUT2D eigenvalue weighted by atomic mass is 9.99. The van der Waals surface area contributed by atoms with Crippen LogP contribution >= 0.6 is 0 Å². The molecule has 180 valence electrons. The topological polar surface area (TPSA) is 106 Å². The number of carboxylic acid groups (broad SMARTS) is 1. The number of anilines is 1. The van der Waals surface area contributed by atoms with Gasteiger partial charge in [-0.05, 0) is 41.2 Å². The molecule has 8 nitrogen and oxygen atoms in total. The van der Waals surface area contributed by atoms with E-state index in [-0.39, 0.29) is 18.4 Å². The highest BCUT2D eigenvalue weighted by Gasteiger charge is 2.21. The number of carbonyl (C=O) groups excluding carboxylic acids is 1. The Morgan fingerprint density at radius 2 is 1.88 bits per heavy atom. The molecular weight excluding hydrogens is 432 g/mol. The average molecular weight is 465 g/mol. The van der Waals surface area contributed by atoms with Gasteiger partial charge in [-0.2, -0.15) is 5.26 Å². The van der Waals surface area contributed by atoms with Crippen molar-refractivity contribution in [1.29, 1.82) is 5.26 Å². The van der Waals surface area contributed by atoms with E-state index in [1.165, 1.54) is 4.90 Å². The molecule has 2 aromatic carbocycles. The van der Waals surface area contributed by atoms with Gasteiger partial charge in [-0.25, -0.2) is 4.79 Å². The van der Waals surface area contributed by atoms with Crippen LogP contribution < -0.4 is 10.2 Å². The van der Waals surface area contributed by atoms with E-state index in [1.54, 1.807) is 0 Å². The fourth-order valence-corrected chi connectivity index (χ4v) is 4.05. The van der Waals surface area contributed by atoms with Crippen molar-refractivity contribution in [2.75, 3.05) is 44.2 Å². The van der Waals surface area contributed by atoms with Crippen LogP contribution in [0.1, 0.15) is 25.3 Å². The van der Waals surface area contributed by atoms with Gasteiger partial charge in [0.05, 0.1) is 12.7 Å². The molecule has 1 aliphatic rings. The van der Waals surface area contributed by atoms with Crippen molar-refractivity contribution in [3.05, 3.63) is 54.1 Å². The van der Waals surface area contributed by atoms with Crippen LogP contribution in [0.5, 0.6) is 0 Å². The molecule has 1 atom stereocenters. The lowest BCUT2D eigenvalue weighted by molar-refractivity contribution is -0.121. The zero-order valence-corrected chi connectivity index (χ0v) is 19.6. The molecule has 8 heteroatoms. The summed E-state index contributed by atoms with van der Waals surface area (Å²) in [5, 5.41) is 20.3. The number of ether oxygens (including phenoxy) is 1. The number of benzene rings is 2. The Bertz CT molecular complexity index is 998. The smallest absolute Gasteiger partial charge is 0.407 e. The molecule has 2 aromatic rings. The molecular formula is C26H32N4O4. The van der Waals surface area contributed by atoms with Crippen molar-refractivity contribution in [2.45, 2.75) is 26.4 Å². The Balaban J connectivity index is 1.63. The summed E-state index contributed by atoms with van der Waals surface area (Å²) in [6, 6.07) is 18.4. The number of nitriles is 1. The van der Waals surface area contributed by atoms with Gasteiger partial charge in [-0.1, -0.05) is 43.3 Å². The van der Waals surface area contributed by atoms with Crippen LogP contribution in [-0.2, 0) is 16.1 Å². The zero-order valence-electron chi connectivity index (χ0n) is 19.6. The van der Waals surface area contributed by atoms with Gasteiger partial charge in [-0.15, -0.1) is 0 Å². The molecule has 0 bridgehead atoms. The Labute approximate surface area is 200 Å². The third-order valence-corrected chi connectivity index (χ3v) is 6.00. The standard InChI is InChI=1S/C26H32N4O4/c1-20(17-25(31)28-11-10-27)9-16-34-19-22-18-23(29-12-14-30(15-13-29)26(32)33)7-8-24(22)21-5-3-2-4-6-21/h2-8,18,20H,9,11-17,19H2,1H3,(H,28,31)(H,32,33). The summed E-state index contributed by atoms with van der Waals surface area (Å²) in [6.45, 7) is 5.30. The molecule has 0 saturated carbocycles. The average Bonchev–Trinajstić information content (AvgIpc) is 2.86. The minimum atomic E-state index is -0.870. The first-order valence-electron chi connectivity index (χ1n) is 11.6. The summed E-state index contributed by atoms with van der Waals surface area (Å²) in [5.74, 6) is 0.0419. The van der Waals surface area contributed by atoms with Crippen LogP contribution in [0.25, 0.3) is 11.1 Å². The van der Waals surface area contributed by atoms with Gasteiger partial charge < -0.3 is 25.0 Å². The Kier molecular flexibility index (Phi) is 9.30. The first-order chi connectivity index (χ1) is 16.5. The third-order valence-electron chi connectivity index (χ3n) is 6.00. The highest BCUT2D eigenvalue weighted by atomic mass is 16.5. The number of amides is 2. The van der Waals surface area contributed by atoms with Crippen LogP contribution in [0.2, 0.25) is 0 Å². The van der Waals surface area contributed by atoms with Crippen molar-refractivity contribution in [1.82, 2.24) is 10.2 Å². The van der Waals surface area contributed by atoms with E-state index in [2.05, 4.69) is 40.5 Å². The predicted octanol–water partition coefficient (Wildman–Crippen LogP) is 3.73. The number of piperazine rings is 1. The predicted molar refractivity (Wildman–Crippen MR) is 130 cm³/mol. The number of nitrogens with one attached hydrogen (secondary N) is 1. The van der Waals surface area contributed by atoms with E-state index in [1.807, 2.05) is 31.2 Å². The van der Waals surface area contributed by atoms with E-state index in [4.69, 9.17) is 10.00 Å². The van der Waals surface area contributed by atoms with Crippen LogP contribution in [0.3, 0.4) is 0 Å². The van der Waals surface area contributed by atoms with Crippen LogP contribution in [-0.4, -0.2) is 61.3 Å². The Morgan fingerprint density at radius 1 is 1.15 bits per heavy atom. The normalized spacial score (nSPS) is 14.4. The van der Waals surface area contributed by atoms with E-state index < -0.39 is 6.09 Å². The van der Waals surface area contributed by atoms with Crippen LogP contribution in [0.4, 0.5) is 10.5 Å². The van der Waals surface area contributed by atoms with Crippen molar-refractivity contribution in [3.63, 3.8) is 0 Å². The van der Waals surface area contributed by atoms with Gasteiger partial charge in [0.25, 0.3) is 0 Å². The van der Waals surface area contributed by atoms with Gasteiger partial charge >= 0.3 is 6.09 Å². The number of hydrogen-bond acceptors (Lipinski definition) is 5. The molecule has 1 aliphatic heterocycles. The van der Waals surface area contributed by atoms with E-state index in [9.17, 15) is 14.7 Å². The molecule has 1 saturated heterocycles. The molecule has 34 heavy (non-hydrogen) atoms. The number of nitrogens with zero attached hydrogens (tertiary/aromatic N) is 3. The Morgan fingerprint density at radius 3 is 2.56 bits per heavy atom. The van der Waals surface area contributed by atoms with Crippen molar-refractivity contribution >= 4 is 17.7 Å². The maximum Gasteiger partial charge on any atom is 0.407 e. The second-order valence-corrected chi connectivity index (χ2v) is 8.55. The fourth-order valence-electron chi connectivity index (χ4n) is 4.05. The lowest BCUT2D eigenvalue weighted by Crippen LogP contribution is -2.48. The summed E-state index contributed by atoms with van der Waals surface area (Å²) < 4.78 is 6.02.